The van der Waals surface area contributed by atoms with Crippen LogP contribution in [0, 0.1) is 5.82 Å². The van der Waals surface area contributed by atoms with Crippen LogP contribution in [0.15, 0.2) is 53.1 Å². The molecule has 1 saturated heterocycles. The maximum Gasteiger partial charge on any atom is 0.328 e. The number of nitrogens with zero attached hydrogens (tertiary/aromatic N) is 2. The molecule has 29 heavy (non-hydrogen) atoms. The highest BCUT2D eigenvalue weighted by Crippen LogP contribution is 2.27. The molecular weight excluding hydrogens is 381 g/mol. The number of H-pyrrole nitrogens is 1. The van der Waals surface area contributed by atoms with Crippen molar-refractivity contribution >= 4 is 11.9 Å². The summed E-state index contributed by atoms with van der Waals surface area (Å²) in [5.41, 5.74) is 0.656. The Morgan fingerprint density at radius 3 is 2.83 bits per heavy atom. The van der Waals surface area contributed by atoms with E-state index in [4.69, 9.17) is 13.9 Å². The Hall–Kier alpha value is -3.62. The first kappa shape index (κ1) is 18.7. The molecule has 1 aliphatic heterocycles. The van der Waals surface area contributed by atoms with Gasteiger partial charge in [-0.3, -0.25) is 9.89 Å². The molecule has 2 aromatic heterocycles. The lowest BCUT2D eigenvalue weighted by Gasteiger charge is -2.21. The predicted octanol–water partition coefficient (Wildman–Crippen LogP) is 2.64. The molecule has 1 amide bonds. The number of aromatic amines is 1. The van der Waals surface area contributed by atoms with E-state index in [0.29, 0.717) is 11.5 Å². The molecule has 8 nitrogen and oxygen atoms in total. The first-order chi connectivity index (χ1) is 14.1. The van der Waals surface area contributed by atoms with Crippen LogP contribution < -0.4 is 4.74 Å². The van der Waals surface area contributed by atoms with E-state index in [1.807, 2.05) is 0 Å². The average Bonchev–Trinajstić information content (AvgIpc) is 3.48. The quantitative estimate of drug-likeness (QED) is 0.663. The summed E-state index contributed by atoms with van der Waals surface area (Å²) in [6.45, 7) is 0.0931. The third-order valence-electron chi connectivity index (χ3n) is 4.71. The molecule has 2 unspecified atom stereocenters. The zero-order valence-corrected chi connectivity index (χ0v) is 15.5. The fraction of sp³-hybridized carbons (Fsp3) is 0.250. The second kappa shape index (κ2) is 7.78. The molecule has 0 radical (unpaired) electrons. The van der Waals surface area contributed by atoms with E-state index in [1.165, 1.54) is 30.4 Å². The smallest absolute Gasteiger partial charge is 0.328 e. The van der Waals surface area contributed by atoms with Gasteiger partial charge in [-0.15, -0.1) is 0 Å². The second-order valence-corrected chi connectivity index (χ2v) is 6.55. The van der Waals surface area contributed by atoms with Crippen molar-refractivity contribution in [3.8, 4) is 17.2 Å². The lowest BCUT2D eigenvalue weighted by molar-refractivity contribution is -0.145. The number of likely N-dealkylation sites (tertiary alicyclic amines) is 1. The number of para-hydroxylation sites is 1. The Kier molecular flexibility index (Phi) is 5.03. The van der Waals surface area contributed by atoms with Crippen LogP contribution in [0.25, 0.3) is 11.5 Å². The number of ether oxygens (including phenoxy) is 2. The Balaban J connectivity index is 1.54. The zero-order chi connectivity index (χ0) is 20.4. The van der Waals surface area contributed by atoms with Crippen LogP contribution in [-0.4, -0.2) is 52.8 Å². The van der Waals surface area contributed by atoms with E-state index in [-0.39, 0.29) is 24.4 Å². The van der Waals surface area contributed by atoms with Crippen molar-refractivity contribution in [2.75, 3.05) is 13.7 Å². The third-order valence-corrected chi connectivity index (χ3v) is 4.71. The SMILES string of the molecule is COC(=O)C1CC(Oc2ccccc2F)CN1C(=O)c1cc(-c2ccco2)[nH]n1. The number of benzene rings is 1. The summed E-state index contributed by atoms with van der Waals surface area (Å²) in [6.07, 6.45) is 1.13. The molecule has 1 fully saturated rings. The zero-order valence-electron chi connectivity index (χ0n) is 15.5. The van der Waals surface area contributed by atoms with Gasteiger partial charge in [-0.25, -0.2) is 9.18 Å². The monoisotopic (exact) mass is 399 g/mol. The minimum absolute atomic E-state index is 0.0651. The number of esters is 1. The number of hydrogen-bond acceptors (Lipinski definition) is 6. The molecule has 1 N–H and O–H groups in total. The van der Waals surface area contributed by atoms with Crippen LogP contribution >= 0.6 is 0 Å². The van der Waals surface area contributed by atoms with Crippen LogP contribution in [0.2, 0.25) is 0 Å². The van der Waals surface area contributed by atoms with Crippen LogP contribution in [-0.2, 0) is 9.53 Å². The van der Waals surface area contributed by atoms with Crippen LogP contribution in [0.3, 0.4) is 0 Å². The highest BCUT2D eigenvalue weighted by Gasteiger charge is 2.42. The molecule has 0 bridgehead atoms. The number of carbonyl (C=O) groups is 2. The molecule has 3 aromatic rings. The first-order valence-corrected chi connectivity index (χ1v) is 8.96. The predicted molar refractivity (Wildman–Crippen MR) is 98.6 cm³/mol. The van der Waals surface area contributed by atoms with Crippen molar-refractivity contribution in [2.24, 2.45) is 0 Å². The highest BCUT2D eigenvalue weighted by molar-refractivity contribution is 5.96. The van der Waals surface area contributed by atoms with Crippen molar-refractivity contribution in [3.05, 3.63) is 60.2 Å². The molecular formula is C20H18FN3O5. The molecule has 1 aromatic carbocycles. The molecule has 0 aliphatic carbocycles. The second-order valence-electron chi connectivity index (χ2n) is 6.55. The molecule has 3 heterocycles. The number of nitrogens with one attached hydrogen (secondary N) is 1. The van der Waals surface area contributed by atoms with Gasteiger partial charge >= 0.3 is 5.97 Å². The van der Waals surface area contributed by atoms with Crippen molar-refractivity contribution in [1.29, 1.82) is 0 Å². The lowest BCUT2D eigenvalue weighted by Crippen LogP contribution is -2.41. The normalized spacial score (nSPS) is 18.6. The van der Waals surface area contributed by atoms with Crippen molar-refractivity contribution < 1.29 is 27.9 Å². The van der Waals surface area contributed by atoms with E-state index in [0.717, 1.165) is 0 Å². The van der Waals surface area contributed by atoms with E-state index >= 15 is 0 Å². The molecule has 9 heteroatoms. The summed E-state index contributed by atoms with van der Waals surface area (Å²) < 4.78 is 29.7. The van der Waals surface area contributed by atoms with Gasteiger partial charge in [-0.2, -0.15) is 5.10 Å². The number of aromatic nitrogens is 2. The van der Waals surface area contributed by atoms with E-state index < -0.39 is 29.8 Å². The highest BCUT2D eigenvalue weighted by atomic mass is 19.1. The first-order valence-electron chi connectivity index (χ1n) is 8.96. The summed E-state index contributed by atoms with van der Waals surface area (Å²) in [4.78, 5) is 26.6. The molecule has 150 valence electrons. The van der Waals surface area contributed by atoms with Gasteiger partial charge in [0, 0.05) is 12.5 Å². The standard InChI is InChI=1S/C20H18FN3O5/c1-27-20(26)16-9-12(29-17-6-3-2-5-13(17)21)11-24(16)19(25)15-10-14(22-23-15)18-7-4-8-28-18/h2-8,10,12,16H,9,11H2,1H3,(H,22,23). The number of amides is 1. The number of furan rings is 1. The Bertz CT molecular complexity index is 1020. The fourth-order valence-electron chi connectivity index (χ4n) is 3.32. The maximum atomic E-state index is 13.9. The van der Waals surface area contributed by atoms with Gasteiger partial charge < -0.3 is 18.8 Å². The average molecular weight is 399 g/mol. The van der Waals surface area contributed by atoms with Gasteiger partial charge in [-0.1, -0.05) is 12.1 Å². The van der Waals surface area contributed by atoms with Gasteiger partial charge in [0.1, 0.15) is 17.8 Å². The van der Waals surface area contributed by atoms with Gasteiger partial charge in [0.05, 0.1) is 19.9 Å². The third kappa shape index (κ3) is 3.71. The van der Waals surface area contributed by atoms with Crippen molar-refractivity contribution in [3.63, 3.8) is 0 Å². The van der Waals surface area contributed by atoms with Crippen molar-refractivity contribution in [1.82, 2.24) is 15.1 Å². The van der Waals surface area contributed by atoms with E-state index in [1.54, 1.807) is 30.3 Å². The van der Waals surface area contributed by atoms with Gasteiger partial charge in [0.15, 0.2) is 23.0 Å². The van der Waals surface area contributed by atoms with Gasteiger partial charge in [0.2, 0.25) is 0 Å². The summed E-state index contributed by atoms with van der Waals surface area (Å²) in [5, 5.41) is 6.77. The van der Waals surface area contributed by atoms with Gasteiger partial charge in [0.25, 0.3) is 5.91 Å². The molecule has 0 saturated carbocycles. The van der Waals surface area contributed by atoms with E-state index in [2.05, 4.69) is 10.2 Å². The molecule has 2 atom stereocenters. The summed E-state index contributed by atoms with van der Waals surface area (Å²) in [7, 11) is 1.25. The number of carbonyl (C=O) groups excluding carboxylic acids is 2. The number of rotatable bonds is 5. The van der Waals surface area contributed by atoms with Gasteiger partial charge in [-0.05, 0) is 24.3 Å². The summed E-state index contributed by atoms with van der Waals surface area (Å²) in [5.74, 6) is -0.949. The molecule has 4 rings (SSSR count). The topological polar surface area (TPSA) is 97.7 Å². The fourth-order valence-corrected chi connectivity index (χ4v) is 3.32. The van der Waals surface area contributed by atoms with Crippen LogP contribution in [0.1, 0.15) is 16.9 Å². The Morgan fingerprint density at radius 2 is 2.10 bits per heavy atom. The summed E-state index contributed by atoms with van der Waals surface area (Å²) >= 11 is 0. The van der Waals surface area contributed by atoms with E-state index in [9.17, 15) is 14.0 Å². The van der Waals surface area contributed by atoms with Crippen molar-refractivity contribution in [2.45, 2.75) is 18.6 Å². The van der Waals surface area contributed by atoms with Crippen LogP contribution in [0.5, 0.6) is 5.75 Å². The molecule has 0 spiro atoms. The maximum absolute atomic E-state index is 13.9. The largest absolute Gasteiger partial charge is 0.485 e. The molecule has 1 aliphatic rings. The van der Waals surface area contributed by atoms with Crippen LogP contribution in [0.4, 0.5) is 4.39 Å². The number of methoxy groups -OCH3 is 1. The minimum Gasteiger partial charge on any atom is -0.485 e. The lowest BCUT2D eigenvalue weighted by atomic mass is 10.2. The number of hydrogen-bond donors (Lipinski definition) is 1. The Morgan fingerprint density at radius 1 is 1.28 bits per heavy atom. The minimum atomic E-state index is -0.854. The number of halogens is 1. The summed E-state index contributed by atoms with van der Waals surface area (Å²) in [6, 6.07) is 10.1. The Labute approximate surface area is 165 Å².